The van der Waals surface area contributed by atoms with Gasteiger partial charge in [0.2, 0.25) is 5.91 Å². The molecule has 0 saturated heterocycles. The third-order valence-electron chi connectivity index (χ3n) is 4.82. The van der Waals surface area contributed by atoms with E-state index >= 15 is 0 Å². The number of nitrogens with zero attached hydrogens (tertiary/aromatic N) is 5. The molecule has 0 fully saturated rings. The highest BCUT2D eigenvalue weighted by Crippen LogP contribution is 2.03. The van der Waals surface area contributed by atoms with E-state index in [1.807, 2.05) is 0 Å². The number of carboxylic acid groups (broad SMARTS) is 4. The molecule has 186 valence electrons. The summed E-state index contributed by atoms with van der Waals surface area (Å²) in [6.45, 7) is -0.182. The second-order valence-electron chi connectivity index (χ2n) is 7.62. The summed E-state index contributed by atoms with van der Waals surface area (Å²) < 4.78 is 0. The summed E-state index contributed by atoms with van der Waals surface area (Å²) in [6, 6.07) is 0. The van der Waals surface area contributed by atoms with Crippen LogP contribution in [0.25, 0.3) is 0 Å². The van der Waals surface area contributed by atoms with Crippen molar-refractivity contribution in [3.05, 3.63) is 12.4 Å². The van der Waals surface area contributed by atoms with Crippen molar-refractivity contribution in [1.29, 1.82) is 0 Å². The van der Waals surface area contributed by atoms with Gasteiger partial charge in [-0.2, -0.15) is 0 Å². The molecule has 1 amide bonds. The minimum Gasteiger partial charge on any atom is -0.480 e. The number of carbonyl (C=O) groups excluding carboxylic acids is 1. The number of hydrogen-bond donors (Lipinski definition) is 4. The highest BCUT2D eigenvalue weighted by atomic mass is 16.4. The van der Waals surface area contributed by atoms with Crippen molar-refractivity contribution in [2.24, 2.45) is 0 Å². The van der Waals surface area contributed by atoms with E-state index in [1.165, 1.54) is 29.2 Å². The molecule has 0 aromatic rings. The van der Waals surface area contributed by atoms with Gasteiger partial charge in [0.15, 0.2) is 0 Å². The minimum atomic E-state index is -1.16. The van der Waals surface area contributed by atoms with E-state index in [0.717, 1.165) is 4.90 Å². The molecule has 14 heteroatoms. The molecular weight excluding hydrogens is 442 g/mol. The molecule has 1 heterocycles. The average Bonchev–Trinajstić information content (AvgIpc) is 2.68. The number of rotatable bonds is 10. The first kappa shape index (κ1) is 27.6. The molecule has 0 aromatic heterocycles. The number of carbonyl (C=O) groups is 5. The molecule has 1 aliphatic rings. The van der Waals surface area contributed by atoms with E-state index in [4.69, 9.17) is 10.2 Å². The van der Waals surface area contributed by atoms with Crippen LogP contribution in [-0.2, 0) is 24.0 Å². The van der Waals surface area contributed by atoms with Crippen molar-refractivity contribution in [3.8, 4) is 0 Å². The summed E-state index contributed by atoms with van der Waals surface area (Å²) in [7, 11) is 1.36. The van der Waals surface area contributed by atoms with Crippen molar-refractivity contribution in [2.75, 3.05) is 79.0 Å². The Kier molecular flexibility index (Phi) is 11.6. The Morgan fingerprint density at radius 3 is 1.42 bits per heavy atom. The first-order valence-corrected chi connectivity index (χ1v) is 10.2. The Balaban J connectivity index is 3.05. The van der Waals surface area contributed by atoms with Gasteiger partial charge in [-0.15, -0.1) is 0 Å². The summed E-state index contributed by atoms with van der Waals surface area (Å²) in [5.74, 6) is -4.83. The third kappa shape index (κ3) is 12.3. The standard InChI is InChI=1S/C19H31N5O9/c1-20(11-16(26)27)15(25)10-21-2-4-22(12-17(28)29)6-8-24(14-19(32)33)9-7-23(5-3-21)13-18(30)31/h6,8H,2-5,7,9-14H2,1H3,(H,26,27)(H,28,29)(H,30,31)(H,32,33)/b8-6-. The van der Waals surface area contributed by atoms with Gasteiger partial charge in [0.1, 0.15) is 19.6 Å². The maximum absolute atomic E-state index is 12.4. The Labute approximate surface area is 190 Å². The van der Waals surface area contributed by atoms with Gasteiger partial charge in [-0.3, -0.25) is 33.8 Å². The molecule has 0 aliphatic carbocycles. The van der Waals surface area contributed by atoms with Crippen LogP contribution in [0.1, 0.15) is 0 Å². The lowest BCUT2D eigenvalue weighted by atomic mass is 10.3. The van der Waals surface area contributed by atoms with E-state index < -0.39 is 36.3 Å². The first-order chi connectivity index (χ1) is 15.5. The molecule has 0 atom stereocenters. The van der Waals surface area contributed by atoms with Gasteiger partial charge in [0.25, 0.3) is 0 Å². The van der Waals surface area contributed by atoms with Gasteiger partial charge in [0.05, 0.1) is 13.1 Å². The van der Waals surface area contributed by atoms with Gasteiger partial charge in [-0.1, -0.05) is 0 Å². The van der Waals surface area contributed by atoms with Gasteiger partial charge in [-0.25, -0.2) is 0 Å². The topological polar surface area (TPSA) is 182 Å². The summed E-state index contributed by atoms with van der Waals surface area (Å²) in [4.78, 5) is 64.2. The fourth-order valence-electron chi connectivity index (χ4n) is 3.11. The maximum Gasteiger partial charge on any atom is 0.323 e. The Morgan fingerprint density at radius 2 is 1.03 bits per heavy atom. The number of aliphatic carboxylic acids is 4. The predicted octanol–water partition coefficient (Wildman–Crippen LogP) is -2.52. The van der Waals surface area contributed by atoms with Crippen LogP contribution in [0.3, 0.4) is 0 Å². The second kappa shape index (κ2) is 13.9. The fraction of sp³-hybridized carbons (Fsp3) is 0.632. The summed E-state index contributed by atoms with van der Waals surface area (Å²) in [5.41, 5.74) is 0. The molecule has 0 bridgehead atoms. The predicted molar refractivity (Wildman–Crippen MR) is 113 cm³/mol. The summed E-state index contributed by atoms with van der Waals surface area (Å²) in [6.07, 6.45) is 2.91. The molecule has 14 nitrogen and oxygen atoms in total. The monoisotopic (exact) mass is 473 g/mol. The Bertz CT molecular complexity index is 745. The number of likely N-dealkylation sites (N-methyl/N-ethyl adjacent to an activating group) is 1. The van der Waals surface area contributed by atoms with Crippen LogP contribution >= 0.6 is 0 Å². The fourth-order valence-corrected chi connectivity index (χ4v) is 3.11. The van der Waals surface area contributed by atoms with Crippen LogP contribution in [-0.4, -0.2) is 154 Å². The van der Waals surface area contributed by atoms with E-state index in [2.05, 4.69) is 0 Å². The van der Waals surface area contributed by atoms with Crippen molar-refractivity contribution in [1.82, 2.24) is 24.5 Å². The quantitative estimate of drug-likeness (QED) is 0.261. The van der Waals surface area contributed by atoms with E-state index in [9.17, 15) is 34.2 Å². The van der Waals surface area contributed by atoms with Crippen LogP contribution in [0.4, 0.5) is 0 Å². The van der Waals surface area contributed by atoms with Gasteiger partial charge in [0, 0.05) is 58.7 Å². The van der Waals surface area contributed by atoms with E-state index in [0.29, 0.717) is 0 Å². The van der Waals surface area contributed by atoms with E-state index in [-0.39, 0.29) is 65.4 Å². The molecule has 4 N–H and O–H groups in total. The van der Waals surface area contributed by atoms with Crippen LogP contribution < -0.4 is 0 Å². The zero-order valence-electron chi connectivity index (χ0n) is 18.5. The van der Waals surface area contributed by atoms with Crippen molar-refractivity contribution in [2.45, 2.75) is 0 Å². The first-order valence-electron chi connectivity index (χ1n) is 10.2. The zero-order valence-corrected chi connectivity index (χ0v) is 18.5. The molecular formula is C19H31N5O9. The smallest absolute Gasteiger partial charge is 0.323 e. The number of amides is 1. The highest BCUT2D eigenvalue weighted by Gasteiger charge is 2.20. The molecule has 33 heavy (non-hydrogen) atoms. The molecule has 0 saturated carbocycles. The maximum atomic E-state index is 12.4. The number of hydrogen-bond acceptors (Lipinski definition) is 9. The van der Waals surface area contributed by atoms with Crippen molar-refractivity contribution < 1.29 is 44.4 Å². The third-order valence-corrected chi connectivity index (χ3v) is 4.82. The largest absolute Gasteiger partial charge is 0.480 e. The average molecular weight is 473 g/mol. The van der Waals surface area contributed by atoms with E-state index in [1.54, 1.807) is 9.80 Å². The lowest BCUT2D eigenvalue weighted by Gasteiger charge is -2.32. The van der Waals surface area contributed by atoms with Gasteiger partial charge in [-0.05, 0) is 0 Å². The van der Waals surface area contributed by atoms with Crippen molar-refractivity contribution >= 4 is 29.8 Å². The Morgan fingerprint density at radius 1 is 0.636 bits per heavy atom. The van der Waals surface area contributed by atoms with Gasteiger partial charge < -0.3 is 35.1 Å². The van der Waals surface area contributed by atoms with Crippen molar-refractivity contribution in [3.63, 3.8) is 0 Å². The van der Waals surface area contributed by atoms with Crippen LogP contribution in [0.5, 0.6) is 0 Å². The second-order valence-corrected chi connectivity index (χ2v) is 7.62. The molecule has 1 rings (SSSR count). The lowest BCUT2D eigenvalue weighted by molar-refractivity contribution is -0.143. The summed E-state index contributed by atoms with van der Waals surface area (Å²) >= 11 is 0. The van der Waals surface area contributed by atoms with Crippen LogP contribution in [0, 0.1) is 0 Å². The minimum absolute atomic E-state index is 0.125. The highest BCUT2D eigenvalue weighted by molar-refractivity contribution is 5.82. The molecule has 0 spiro atoms. The van der Waals surface area contributed by atoms with Crippen LogP contribution in [0.15, 0.2) is 12.4 Å². The number of carboxylic acids is 4. The SMILES string of the molecule is CN(CC(=O)O)C(=O)CN1CCN(CC(=O)O)/C=C\N(CC(=O)O)CCN(CC(=O)O)CC1. The van der Waals surface area contributed by atoms with Crippen LogP contribution in [0.2, 0.25) is 0 Å². The molecule has 0 radical (unpaired) electrons. The normalized spacial score (nSPS) is 17.5. The molecule has 0 aromatic carbocycles. The summed E-state index contributed by atoms with van der Waals surface area (Å²) in [5, 5.41) is 36.4. The lowest BCUT2D eigenvalue weighted by Crippen LogP contribution is -2.47. The zero-order chi connectivity index (χ0) is 25.0. The Hall–Kier alpha value is -3.39. The molecule has 1 aliphatic heterocycles. The molecule has 0 unspecified atom stereocenters. The van der Waals surface area contributed by atoms with Gasteiger partial charge >= 0.3 is 23.9 Å².